The van der Waals surface area contributed by atoms with Crippen LogP contribution in [-0.2, 0) is 6.54 Å². The fourth-order valence-corrected chi connectivity index (χ4v) is 2.40. The van der Waals surface area contributed by atoms with Gasteiger partial charge in [-0.2, -0.15) is 0 Å². The molecule has 0 bridgehead atoms. The van der Waals surface area contributed by atoms with Crippen LogP contribution < -0.4 is 15.4 Å². The van der Waals surface area contributed by atoms with Crippen LogP contribution in [0.2, 0.25) is 0 Å². The van der Waals surface area contributed by atoms with E-state index in [-0.39, 0.29) is 6.03 Å². The molecule has 0 aliphatic carbocycles. The average molecular weight is 307 g/mol. The molecule has 116 valence electrons. The number of aromatic nitrogens is 1. The minimum Gasteiger partial charge on any atom is -0.496 e. The molecule has 0 spiro atoms. The number of amides is 2. The molecule has 0 radical (unpaired) electrons. The van der Waals surface area contributed by atoms with Crippen LogP contribution in [0, 0.1) is 0 Å². The maximum Gasteiger partial charge on any atom is 0.319 e. The first kappa shape index (κ1) is 14.8. The fourth-order valence-electron chi connectivity index (χ4n) is 2.40. The van der Waals surface area contributed by atoms with E-state index >= 15 is 0 Å². The molecule has 1 heterocycles. The van der Waals surface area contributed by atoms with Gasteiger partial charge >= 0.3 is 6.03 Å². The highest BCUT2D eigenvalue weighted by Crippen LogP contribution is 2.20. The van der Waals surface area contributed by atoms with Crippen LogP contribution in [0.1, 0.15) is 5.56 Å². The van der Waals surface area contributed by atoms with Crippen LogP contribution in [0.15, 0.2) is 60.8 Å². The highest BCUT2D eigenvalue weighted by atomic mass is 16.5. The second-order valence-corrected chi connectivity index (χ2v) is 5.00. The third kappa shape index (κ3) is 3.40. The lowest BCUT2D eigenvalue weighted by atomic mass is 10.2. The number of rotatable bonds is 4. The van der Waals surface area contributed by atoms with Gasteiger partial charge in [-0.25, -0.2) is 4.79 Å². The summed E-state index contributed by atoms with van der Waals surface area (Å²) in [5.74, 6) is 0.750. The number of urea groups is 1. The first-order valence-corrected chi connectivity index (χ1v) is 7.28. The molecule has 3 rings (SSSR count). The van der Waals surface area contributed by atoms with Crippen molar-refractivity contribution < 1.29 is 9.53 Å². The first-order valence-electron chi connectivity index (χ1n) is 7.28. The van der Waals surface area contributed by atoms with Crippen molar-refractivity contribution in [3.8, 4) is 5.75 Å². The number of hydrogen-bond donors (Lipinski definition) is 2. The smallest absolute Gasteiger partial charge is 0.319 e. The Morgan fingerprint density at radius 1 is 1.09 bits per heavy atom. The second kappa shape index (κ2) is 6.79. The van der Waals surface area contributed by atoms with E-state index in [4.69, 9.17) is 4.74 Å². The van der Waals surface area contributed by atoms with Gasteiger partial charge in [0, 0.05) is 23.7 Å². The van der Waals surface area contributed by atoms with Gasteiger partial charge in [0.2, 0.25) is 0 Å². The van der Waals surface area contributed by atoms with Crippen LogP contribution in [0.4, 0.5) is 10.5 Å². The lowest BCUT2D eigenvalue weighted by Crippen LogP contribution is -2.28. The molecule has 0 saturated heterocycles. The standard InChI is InChI=1S/C18H17N3O2/c1-23-16-10-3-2-6-14(16)12-20-18(22)21-15-9-4-7-13-8-5-11-19-17(13)15/h2-11H,12H2,1H3,(H2,20,21,22). The highest BCUT2D eigenvalue weighted by Gasteiger charge is 2.07. The van der Waals surface area contributed by atoms with Gasteiger partial charge in [-0.15, -0.1) is 0 Å². The van der Waals surface area contributed by atoms with E-state index in [9.17, 15) is 4.79 Å². The van der Waals surface area contributed by atoms with E-state index in [1.54, 1.807) is 13.3 Å². The molecule has 3 aromatic rings. The van der Waals surface area contributed by atoms with Crippen molar-refractivity contribution in [1.82, 2.24) is 10.3 Å². The predicted octanol–water partition coefficient (Wildman–Crippen LogP) is 3.57. The van der Waals surface area contributed by atoms with Crippen molar-refractivity contribution in [3.05, 3.63) is 66.4 Å². The van der Waals surface area contributed by atoms with Gasteiger partial charge in [0.15, 0.2) is 0 Å². The Hall–Kier alpha value is -3.08. The van der Waals surface area contributed by atoms with E-state index in [1.165, 1.54) is 0 Å². The number of methoxy groups -OCH3 is 1. The van der Waals surface area contributed by atoms with Gasteiger partial charge in [-0.05, 0) is 18.2 Å². The van der Waals surface area contributed by atoms with Gasteiger partial charge in [-0.1, -0.05) is 36.4 Å². The van der Waals surface area contributed by atoms with Crippen LogP contribution >= 0.6 is 0 Å². The monoisotopic (exact) mass is 307 g/mol. The minimum absolute atomic E-state index is 0.283. The van der Waals surface area contributed by atoms with E-state index in [2.05, 4.69) is 15.6 Å². The number of benzene rings is 2. The zero-order valence-electron chi connectivity index (χ0n) is 12.7. The highest BCUT2D eigenvalue weighted by molar-refractivity contribution is 5.99. The SMILES string of the molecule is COc1ccccc1CNC(=O)Nc1cccc2cccnc12. The number of carbonyl (C=O) groups is 1. The molecule has 2 amide bonds. The van der Waals surface area contributed by atoms with Crippen LogP contribution in [0.5, 0.6) is 5.75 Å². The third-order valence-electron chi connectivity index (χ3n) is 3.51. The Morgan fingerprint density at radius 2 is 1.91 bits per heavy atom. The minimum atomic E-state index is -0.283. The number of ether oxygens (including phenoxy) is 1. The van der Waals surface area contributed by atoms with Gasteiger partial charge in [0.1, 0.15) is 5.75 Å². The Morgan fingerprint density at radius 3 is 2.78 bits per heavy atom. The Labute approximate surface area is 134 Å². The number of anilines is 1. The number of pyridine rings is 1. The largest absolute Gasteiger partial charge is 0.496 e. The van der Waals surface area contributed by atoms with E-state index < -0.39 is 0 Å². The quantitative estimate of drug-likeness (QED) is 0.774. The first-order chi connectivity index (χ1) is 11.3. The molecule has 0 aliphatic rings. The van der Waals surface area contributed by atoms with Crippen molar-refractivity contribution in [2.75, 3.05) is 12.4 Å². The molecule has 1 aromatic heterocycles. The maximum atomic E-state index is 12.1. The number of nitrogens with one attached hydrogen (secondary N) is 2. The number of fused-ring (bicyclic) bond motifs is 1. The fraction of sp³-hybridized carbons (Fsp3) is 0.111. The molecule has 2 N–H and O–H groups in total. The van der Waals surface area contributed by atoms with Crippen molar-refractivity contribution in [1.29, 1.82) is 0 Å². The summed E-state index contributed by atoms with van der Waals surface area (Å²) < 4.78 is 5.27. The summed E-state index contributed by atoms with van der Waals surface area (Å²) in [6.45, 7) is 0.383. The molecule has 23 heavy (non-hydrogen) atoms. The van der Waals surface area contributed by atoms with E-state index in [0.29, 0.717) is 12.2 Å². The summed E-state index contributed by atoms with van der Waals surface area (Å²) in [6.07, 6.45) is 1.71. The van der Waals surface area contributed by atoms with Gasteiger partial charge in [0.25, 0.3) is 0 Å². The summed E-state index contributed by atoms with van der Waals surface area (Å²) in [6, 6.07) is 16.8. The molecule has 5 nitrogen and oxygen atoms in total. The maximum absolute atomic E-state index is 12.1. The zero-order valence-corrected chi connectivity index (χ0v) is 12.7. The van der Waals surface area contributed by atoms with Crippen molar-refractivity contribution in [2.45, 2.75) is 6.54 Å². The Balaban J connectivity index is 1.69. The Kier molecular flexibility index (Phi) is 4.38. The Bertz CT molecular complexity index is 828. The molecule has 2 aromatic carbocycles. The number of hydrogen-bond acceptors (Lipinski definition) is 3. The number of para-hydroxylation sites is 2. The third-order valence-corrected chi connectivity index (χ3v) is 3.51. The zero-order chi connectivity index (χ0) is 16.1. The molecule has 0 aliphatic heterocycles. The predicted molar refractivity (Wildman–Crippen MR) is 90.6 cm³/mol. The van der Waals surface area contributed by atoms with Gasteiger partial charge in [-0.3, -0.25) is 4.98 Å². The molecule has 0 atom stereocenters. The van der Waals surface area contributed by atoms with Crippen molar-refractivity contribution in [3.63, 3.8) is 0 Å². The van der Waals surface area contributed by atoms with Crippen molar-refractivity contribution in [2.24, 2.45) is 0 Å². The summed E-state index contributed by atoms with van der Waals surface area (Å²) in [4.78, 5) is 16.5. The van der Waals surface area contributed by atoms with Gasteiger partial charge in [0.05, 0.1) is 18.3 Å². The van der Waals surface area contributed by atoms with Gasteiger partial charge < -0.3 is 15.4 Å². The number of nitrogens with zero attached hydrogens (tertiary/aromatic N) is 1. The summed E-state index contributed by atoms with van der Waals surface area (Å²) >= 11 is 0. The van der Waals surface area contributed by atoms with Crippen molar-refractivity contribution >= 4 is 22.6 Å². The summed E-state index contributed by atoms with van der Waals surface area (Å²) in [5, 5.41) is 6.65. The van der Waals surface area contributed by atoms with E-state index in [0.717, 1.165) is 22.2 Å². The normalized spacial score (nSPS) is 10.3. The van der Waals surface area contributed by atoms with Crippen LogP contribution in [-0.4, -0.2) is 18.1 Å². The lowest BCUT2D eigenvalue weighted by Gasteiger charge is -2.11. The number of carbonyl (C=O) groups excluding carboxylic acids is 1. The molecular formula is C18H17N3O2. The average Bonchev–Trinajstić information content (AvgIpc) is 2.60. The summed E-state index contributed by atoms with van der Waals surface area (Å²) in [5.41, 5.74) is 2.37. The molecule has 0 unspecified atom stereocenters. The molecule has 0 saturated carbocycles. The van der Waals surface area contributed by atoms with E-state index in [1.807, 2.05) is 54.6 Å². The van der Waals surface area contributed by atoms with Crippen LogP contribution in [0.25, 0.3) is 10.9 Å². The topological polar surface area (TPSA) is 63.2 Å². The second-order valence-electron chi connectivity index (χ2n) is 5.00. The molecule has 0 fully saturated rings. The summed E-state index contributed by atoms with van der Waals surface area (Å²) in [7, 11) is 1.61. The molecule has 5 heteroatoms. The van der Waals surface area contributed by atoms with Crippen LogP contribution in [0.3, 0.4) is 0 Å². The molecular weight excluding hydrogens is 290 g/mol. The lowest BCUT2D eigenvalue weighted by molar-refractivity contribution is 0.251.